The van der Waals surface area contributed by atoms with Gasteiger partial charge in [0.1, 0.15) is 0 Å². The van der Waals surface area contributed by atoms with Gasteiger partial charge in [0.2, 0.25) is 0 Å². The van der Waals surface area contributed by atoms with E-state index in [2.05, 4.69) is 13.8 Å². The van der Waals surface area contributed by atoms with Gasteiger partial charge in [0.25, 0.3) is 0 Å². The molecule has 0 aliphatic rings. The molecule has 1 unspecified atom stereocenters. The standard InChI is InChI=1S/C14H31NO/c1-3-5-6-7-8-10-14(4-2)13-16-12-9-11-15/h14H,3-13,15H2,1-2H3. The first-order valence-electron chi connectivity index (χ1n) is 7.12. The number of rotatable bonds is 12. The Balaban J connectivity index is 3.29. The SMILES string of the molecule is CCCCCCCC(CC)COCCCN. The third-order valence-corrected chi connectivity index (χ3v) is 3.14. The fraction of sp³-hybridized carbons (Fsp3) is 1.00. The second kappa shape index (κ2) is 13.0. The lowest BCUT2D eigenvalue weighted by Gasteiger charge is -2.14. The van der Waals surface area contributed by atoms with Crippen LogP contribution in [-0.4, -0.2) is 19.8 Å². The topological polar surface area (TPSA) is 35.2 Å². The van der Waals surface area contributed by atoms with Crippen LogP contribution in [0.2, 0.25) is 0 Å². The molecule has 2 heteroatoms. The van der Waals surface area contributed by atoms with Gasteiger partial charge in [0, 0.05) is 13.2 Å². The Morgan fingerprint density at radius 1 is 1.00 bits per heavy atom. The summed E-state index contributed by atoms with van der Waals surface area (Å²) in [5, 5.41) is 0. The fourth-order valence-electron chi connectivity index (χ4n) is 1.88. The second-order valence-corrected chi connectivity index (χ2v) is 4.69. The van der Waals surface area contributed by atoms with Crippen LogP contribution >= 0.6 is 0 Å². The van der Waals surface area contributed by atoms with Crippen molar-refractivity contribution in [3.8, 4) is 0 Å². The van der Waals surface area contributed by atoms with Crippen molar-refractivity contribution < 1.29 is 4.74 Å². The van der Waals surface area contributed by atoms with Gasteiger partial charge in [0.05, 0.1) is 0 Å². The second-order valence-electron chi connectivity index (χ2n) is 4.69. The number of hydrogen-bond acceptors (Lipinski definition) is 2. The van der Waals surface area contributed by atoms with Gasteiger partial charge in [-0.05, 0) is 25.3 Å². The summed E-state index contributed by atoms with van der Waals surface area (Å²) in [5.74, 6) is 0.763. The van der Waals surface area contributed by atoms with E-state index in [0.717, 1.165) is 32.1 Å². The number of ether oxygens (including phenoxy) is 1. The number of hydrogen-bond donors (Lipinski definition) is 1. The summed E-state index contributed by atoms with van der Waals surface area (Å²) in [5.41, 5.74) is 5.42. The Morgan fingerprint density at radius 3 is 2.38 bits per heavy atom. The molecule has 0 saturated carbocycles. The first kappa shape index (κ1) is 15.9. The normalized spacial score (nSPS) is 12.9. The minimum Gasteiger partial charge on any atom is -0.381 e. The lowest BCUT2D eigenvalue weighted by molar-refractivity contribution is 0.0931. The van der Waals surface area contributed by atoms with E-state index in [1.54, 1.807) is 0 Å². The Morgan fingerprint density at radius 2 is 1.75 bits per heavy atom. The maximum Gasteiger partial charge on any atom is 0.0494 e. The third kappa shape index (κ3) is 10.4. The maximum atomic E-state index is 5.63. The van der Waals surface area contributed by atoms with Gasteiger partial charge in [-0.25, -0.2) is 0 Å². The molecule has 0 saturated heterocycles. The van der Waals surface area contributed by atoms with E-state index in [1.807, 2.05) is 0 Å². The van der Waals surface area contributed by atoms with Crippen molar-refractivity contribution in [2.75, 3.05) is 19.8 Å². The van der Waals surface area contributed by atoms with E-state index < -0.39 is 0 Å². The van der Waals surface area contributed by atoms with Crippen molar-refractivity contribution in [3.05, 3.63) is 0 Å². The van der Waals surface area contributed by atoms with Crippen molar-refractivity contribution in [2.24, 2.45) is 11.7 Å². The Kier molecular flexibility index (Phi) is 12.9. The van der Waals surface area contributed by atoms with Gasteiger partial charge < -0.3 is 10.5 Å². The molecule has 0 fully saturated rings. The molecule has 0 bridgehead atoms. The molecule has 0 aliphatic carbocycles. The van der Waals surface area contributed by atoms with Crippen molar-refractivity contribution >= 4 is 0 Å². The van der Waals surface area contributed by atoms with E-state index in [9.17, 15) is 0 Å². The Labute approximate surface area is 102 Å². The van der Waals surface area contributed by atoms with Gasteiger partial charge in [0.15, 0.2) is 0 Å². The van der Waals surface area contributed by atoms with Gasteiger partial charge in [-0.15, -0.1) is 0 Å². The van der Waals surface area contributed by atoms with Gasteiger partial charge in [-0.3, -0.25) is 0 Å². The summed E-state index contributed by atoms with van der Waals surface area (Å²) in [7, 11) is 0. The molecule has 0 radical (unpaired) electrons. The zero-order valence-corrected chi connectivity index (χ0v) is 11.3. The summed E-state index contributed by atoms with van der Waals surface area (Å²) < 4.78 is 5.63. The summed E-state index contributed by atoms with van der Waals surface area (Å²) in [4.78, 5) is 0. The largest absolute Gasteiger partial charge is 0.381 e. The lowest BCUT2D eigenvalue weighted by atomic mass is 9.99. The van der Waals surface area contributed by atoms with E-state index in [0.29, 0.717) is 0 Å². The van der Waals surface area contributed by atoms with Crippen LogP contribution in [0.3, 0.4) is 0 Å². The molecule has 16 heavy (non-hydrogen) atoms. The molecule has 0 amide bonds. The molecule has 98 valence electrons. The zero-order chi connectivity index (χ0) is 12.1. The molecule has 0 aliphatic heterocycles. The van der Waals surface area contributed by atoms with Gasteiger partial charge in [-0.2, -0.15) is 0 Å². The minimum absolute atomic E-state index is 0.744. The highest BCUT2D eigenvalue weighted by atomic mass is 16.5. The number of unbranched alkanes of at least 4 members (excludes halogenated alkanes) is 4. The van der Waals surface area contributed by atoms with Crippen LogP contribution in [0, 0.1) is 5.92 Å². The average molecular weight is 229 g/mol. The van der Waals surface area contributed by atoms with Gasteiger partial charge in [-0.1, -0.05) is 52.4 Å². The highest BCUT2D eigenvalue weighted by Gasteiger charge is 2.05. The van der Waals surface area contributed by atoms with E-state index in [1.165, 1.54) is 44.9 Å². The van der Waals surface area contributed by atoms with E-state index in [-0.39, 0.29) is 0 Å². The van der Waals surface area contributed by atoms with Gasteiger partial charge >= 0.3 is 0 Å². The summed E-state index contributed by atoms with van der Waals surface area (Å²) >= 11 is 0. The predicted molar refractivity (Wildman–Crippen MR) is 71.6 cm³/mol. The molecule has 0 spiro atoms. The molecule has 0 rings (SSSR count). The molecular formula is C14H31NO. The Bertz CT molecular complexity index is 128. The summed E-state index contributed by atoms with van der Waals surface area (Å²) in [6.45, 7) is 7.05. The predicted octanol–water partition coefficient (Wildman–Crippen LogP) is 3.74. The molecular weight excluding hydrogens is 198 g/mol. The summed E-state index contributed by atoms with van der Waals surface area (Å²) in [6.07, 6.45) is 10.5. The summed E-state index contributed by atoms with van der Waals surface area (Å²) in [6, 6.07) is 0. The van der Waals surface area contributed by atoms with Crippen LogP contribution in [0.25, 0.3) is 0 Å². The molecule has 1 atom stereocenters. The van der Waals surface area contributed by atoms with Crippen LogP contribution in [-0.2, 0) is 4.74 Å². The lowest BCUT2D eigenvalue weighted by Crippen LogP contribution is -2.11. The molecule has 2 nitrogen and oxygen atoms in total. The highest BCUT2D eigenvalue weighted by molar-refractivity contribution is 4.57. The first-order valence-corrected chi connectivity index (χ1v) is 7.12. The monoisotopic (exact) mass is 229 g/mol. The molecule has 0 aromatic heterocycles. The highest BCUT2D eigenvalue weighted by Crippen LogP contribution is 2.15. The third-order valence-electron chi connectivity index (χ3n) is 3.14. The van der Waals surface area contributed by atoms with Crippen molar-refractivity contribution in [2.45, 2.75) is 65.2 Å². The molecule has 2 N–H and O–H groups in total. The minimum atomic E-state index is 0.744. The van der Waals surface area contributed by atoms with Crippen LogP contribution in [0.1, 0.15) is 65.2 Å². The van der Waals surface area contributed by atoms with E-state index >= 15 is 0 Å². The van der Waals surface area contributed by atoms with Crippen molar-refractivity contribution in [3.63, 3.8) is 0 Å². The molecule has 0 aromatic carbocycles. The van der Waals surface area contributed by atoms with Crippen molar-refractivity contribution in [1.82, 2.24) is 0 Å². The van der Waals surface area contributed by atoms with Crippen molar-refractivity contribution in [1.29, 1.82) is 0 Å². The molecule has 0 aromatic rings. The molecule has 0 heterocycles. The van der Waals surface area contributed by atoms with Crippen LogP contribution in [0.15, 0.2) is 0 Å². The first-order chi connectivity index (χ1) is 7.85. The van der Waals surface area contributed by atoms with Crippen LogP contribution < -0.4 is 5.73 Å². The maximum absolute atomic E-state index is 5.63. The zero-order valence-electron chi connectivity index (χ0n) is 11.3. The smallest absolute Gasteiger partial charge is 0.0494 e. The fourth-order valence-corrected chi connectivity index (χ4v) is 1.88. The van der Waals surface area contributed by atoms with E-state index in [4.69, 9.17) is 10.5 Å². The Hall–Kier alpha value is -0.0800. The quantitative estimate of drug-likeness (QED) is 0.517. The van der Waals surface area contributed by atoms with Crippen LogP contribution in [0.5, 0.6) is 0 Å². The van der Waals surface area contributed by atoms with Crippen LogP contribution in [0.4, 0.5) is 0 Å². The number of nitrogens with two attached hydrogens (primary N) is 1. The average Bonchev–Trinajstić information content (AvgIpc) is 2.31.